The fourth-order valence-corrected chi connectivity index (χ4v) is 23.9. The van der Waals surface area contributed by atoms with E-state index in [4.69, 9.17) is 25.2 Å². The van der Waals surface area contributed by atoms with Crippen LogP contribution in [0, 0.1) is 45.3 Å². The van der Waals surface area contributed by atoms with Crippen LogP contribution >= 0.6 is 14.1 Å². The van der Waals surface area contributed by atoms with Crippen molar-refractivity contribution in [3.8, 4) is 0 Å². The van der Waals surface area contributed by atoms with Crippen LogP contribution in [0.15, 0.2) is 46.6 Å². The first-order valence-electron chi connectivity index (χ1n) is 18.6. The summed E-state index contributed by atoms with van der Waals surface area (Å²) in [5.74, 6) is 2.02. The molecule has 10 unspecified atom stereocenters. The van der Waals surface area contributed by atoms with Gasteiger partial charge in [-0.25, -0.2) is 0 Å². The third kappa shape index (κ3) is 3.43. The number of hydrogen-bond acceptors (Lipinski definition) is 5. The standard InChI is InChI=1S/C40H60O4P2S/c1-25-13-17-29-21-37(25,33(29,5)6)42-45(41,39-23-31(35(39,9)10)19-15-27(39)3)44-46(47,40-24-32(36(40,11)12)20-16-28(40)4)43-38-22-30(34(38,7)8)18-14-26(38)2/h13-16,29-32H,17-24H2,1-12H3. The molecule has 0 aromatic rings. The minimum atomic E-state index is -4.00. The molecular weight excluding hydrogens is 638 g/mol. The predicted molar refractivity (Wildman–Crippen MR) is 197 cm³/mol. The number of rotatable bonds is 8. The van der Waals surface area contributed by atoms with Gasteiger partial charge in [-0.1, -0.05) is 90.8 Å². The van der Waals surface area contributed by atoms with E-state index in [0.29, 0.717) is 23.7 Å². The Kier molecular flexibility index (Phi) is 6.76. The Labute approximate surface area is 290 Å². The molecule has 0 aromatic carbocycles. The van der Waals surface area contributed by atoms with Crippen LogP contribution in [0.25, 0.3) is 0 Å². The molecular formula is C40H60O4P2S. The highest BCUT2D eigenvalue weighted by Gasteiger charge is 2.80. The van der Waals surface area contributed by atoms with E-state index in [2.05, 4.69) is 107 Å². The molecule has 0 aromatic heterocycles. The monoisotopic (exact) mass is 698 g/mol. The van der Waals surface area contributed by atoms with Gasteiger partial charge in [-0.2, -0.15) is 0 Å². The van der Waals surface area contributed by atoms with Crippen molar-refractivity contribution in [3.63, 3.8) is 0 Å². The normalized spacial score (nSPS) is 47.9. The van der Waals surface area contributed by atoms with Gasteiger partial charge < -0.3 is 4.52 Å². The summed E-state index contributed by atoms with van der Waals surface area (Å²) >= 11 is 7.15. The average Bonchev–Trinajstić information content (AvgIpc) is 2.98. The highest BCUT2D eigenvalue weighted by Crippen LogP contribution is 2.92. The molecule has 10 atom stereocenters. The van der Waals surface area contributed by atoms with Crippen molar-refractivity contribution in [3.05, 3.63) is 46.6 Å². The Morgan fingerprint density at radius 2 is 0.915 bits per heavy atom. The lowest BCUT2D eigenvalue weighted by molar-refractivity contribution is -0.171. The summed E-state index contributed by atoms with van der Waals surface area (Å²) in [6, 6.07) is 0. The Morgan fingerprint density at radius 1 is 0.553 bits per heavy atom. The van der Waals surface area contributed by atoms with Crippen molar-refractivity contribution in [2.24, 2.45) is 45.3 Å². The van der Waals surface area contributed by atoms with Crippen LogP contribution < -0.4 is 0 Å². The van der Waals surface area contributed by atoms with Gasteiger partial charge in [0.05, 0.1) is 10.3 Å². The van der Waals surface area contributed by atoms with Crippen molar-refractivity contribution in [2.45, 2.75) is 156 Å². The second-order valence-electron chi connectivity index (χ2n) is 19.6. The predicted octanol–water partition coefficient (Wildman–Crippen LogP) is 12.1. The lowest BCUT2D eigenvalue weighted by atomic mass is 9.46. The first-order valence-corrected chi connectivity index (χ1v) is 22.8. The van der Waals surface area contributed by atoms with Gasteiger partial charge in [0, 0.05) is 10.8 Å². The topological polar surface area (TPSA) is 44.8 Å². The lowest BCUT2D eigenvalue weighted by Gasteiger charge is -2.73. The molecule has 7 heteroatoms. The van der Waals surface area contributed by atoms with Crippen LogP contribution in [-0.4, -0.2) is 21.5 Å². The largest absolute Gasteiger partial charge is 0.347 e. The molecule has 12 aliphatic rings. The highest BCUT2D eigenvalue weighted by atomic mass is 32.5. The summed E-state index contributed by atoms with van der Waals surface area (Å²) in [5, 5.41) is -1.22. The number of fused-ring (bicyclic) bond motifs is 4. The van der Waals surface area contributed by atoms with Crippen molar-refractivity contribution < 1.29 is 17.9 Å². The SMILES string of the molecule is CC1=CCC2CC1(OP(=O)(OP(=S)(OC13CC(CC=C1C)C3(C)C)C13CC(CC=C1C)C3(C)C)C13CC(CC=C1C)C3(C)C)C2(C)C. The van der Waals surface area contributed by atoms with Crippen LogP contribution in [0.2, 0.25) is 0 Å². The summed E-state index contributed by atoms with van der Waals surface area (Å²) in [4.78, 5) is 0. The van der Waals surface area contributed by atoms with Crippen LogP contribution in [0.4, 0.5) is 0 Å². The molecule has 0 heterocycles. The second-order valence-corrected chi connectivity index (χ2v) is 25.6. The summed E-state index contributed by atoms with van der Waals surface area (Å²) in [6.07, 6.45) is 17.3. The van der Waals surface area contributed by atoms with E-state index in [0.717, 1.165) is 56.9 Å². The third-order valence-corrected chi connectivity index (χ3v) is 26.2. The van der Waals surface area contributed by atoms with Crippen LogP contribution in [0.5, 0.6) is 0 Å². The maximum absolute atomic E-state index is 17.0. The van der Waals surface area contributed by atoms with Gasteiger partial charge >= 0.3 is 7.60 Å². The van der Waals surface area contributed by atoms with Gasteiger partial charge in [0.1, 0.15) is 11.2 Å². The maximum Gasteiger partial charge on any atom is 0.347 e. The van der Waals surface area contributed by atoms with E-state index in [-0.39, 0.29) is 21.7 Å². The Bertz CT molecular complexity index is 1570. The summed E-state index contributed by atoms with van der Waals surface area (Å²) < 4.78 is 40.1. The fourth-order valence-electron chi connectivity index (χ4n) is 13.1. The summed E-state index contributed by atoms with van der Waals surface area (Å²) in [7, 11) is -4.00. The third-order valence-electron chi connectivity index (χ3n) is 17.6. The van der Waals surface area contributed by atoms with E-state index < -0.39 is 35.6 Å². The molecule has 4 saturated carbocycles. The molecule has 0 saturated heterocycles. The van der Waals surface area contributed by atoms with Gasteiger partial charge in [-0.15, -0.1) is 0 Å². The van der Waals surface area contributed by atoms with E-state index >= 15 is 4.57 Å². The van der Waals surface area contributed by atoms with Crippen LogP contribution in [0.3, 0.4) is 0 Å². The van der Waals surface area contributed by atoms with E-state index in [1.807, 2.05) is 0 Å². The number of allylic oxidation sites excluding steroid dienone is 6. The average molecular weight is 699 g/mol. The van der Waals surface area contributed by atoms with Gasteiger partial charge in [-0.05, 0) is 137 Å². The molecule has 12 aliphatic carbocycles. The van der Waals surface area contributed by atoms with Crippen LogP contribution in [0.1, 0.15) is 134 Å². The molecule has 8 bridgehead atoms. The Hall–Kier alpha value is -0.280. The molecule has 47 heavy (non-hydrogen) atoms. The molecule has 12 rings (SSSR count). The van der Waals surface area contributed by atoms with E-state index in [9.17, 15) is 0 Å². The highest BCUT2D eigenvalue weighted by molar-refractivity contribution is 8.12. The lowest BCUT2D eigenvalue weighted by Crippen LogP contribution is -2.69. The fraction of sp³-hybridized carbons (Fsp3) is 0.800. The summed E-state index contributed by atoms with van der Waals surface area (Å²) in [5.41, 5.74) is 3.16. The quantitative estimate of drug-likeness (QED) is 0.186. The minimum absolute atomic E-state index is 0.0787. The Morgan fingerprint density at radius 3 is 1.28 bits per heavy atom. The molecule has 4 fully saturated rings. The van der Waals surface area contributed by atoms with E-state index in [1.165, 1.54) is 16.7 Å². The zero-order valence-corrected chi connectivity index (χ0v) is 33.8. The first kappa shape index (κ1) is 33.8. The molecule has 0 spiro atoms. The van der Waals surface area contributed by atoms with Crippen molar-refractivity contribution >= 4 is 25.9 Å². The van der Waals surface area contributed by atoms with Crippen molar-refractivity contribution in [2.75, 3.05) is 0 Å². The van der Waals surface area contributed by atoms with Crippen molar-refractivity contribution in [1.82, 2.24) is 0 Å². The molecule has 0 N–H and O–H groups in total. The molecule has 260 valence electrons. The molecule has 4 nitrogen and oxygen atoms in total. The smallest absolute Gasteiger partial charge is 0.317 e. The van der Waals surface area contributed by atoms with Crippen molar-refractivity contribution in [1.29, 1.82) is 0 Å². The van der Waals surface area contributed by atoms with Gasteiger partial charge in [0.25, 0.3) is 0 Å². The summed E-state index contributed by atoms with van der Waals surface area (Å²) in [6.45, 7) is 24.3. The second kappa shape index (κ2) is 9.38. The zero-order valence-electron chi connectivity index (χ0n) is 31.2. The molecule has 0 radical (unpaired) electrons. The Balaban J connectivity index is 1.35. The maximum atomic E-state index is 17.0. The van der Waals surface area contributed by atoms with Gasteiger partial charge in [0.15, 0.2) is 0 Å². The molecule has 0 aliphatic heterocycles. The number of hydrogen-bond donors (Lipinski definition) is 0. The van der Waals surface area contributed by atoms with Gasteiger partial charge in [-0.3, -0.25) is 13.4 Å². The van der Waals surface area contributed by atoms with E-state index in [1.54, 1.807) is 0 Å². The zero-order chi connectivity index (χ0) is 34.2. The van der Waals surface area contributed by atoms with Crippen LogP contribution in [-0.2, 0) is 29.7 Å². The minimum Gasteiger partial charge on any atom is -0.317 e. The van der Waals surface area contributed by atoms with Gasteiger partial charge in [0.2, 0.25) is 6.49 Å². The first-order chi connectivity index (χ1) is 21.6. The molecule has 0 amide bonds.